The maximum absolute atomic E-state index is 11.4. The molecule has 0 N–H and O–H groups in total. The van der Waals surface area contributed by atoms with E-state index in [1.165, 1.54) is 7.11 Å². The molecule has 15 heavy (non-hydrogen) atoms. The predicted octanol–water partition coefficient (Wildman–Crippen LogP) is 1.28. The van der Waals surface area contributed by atoms with Crippen molar-refractivity contribution >= 4 is 5.97 Å². The van der Waals surface area contributed by atoms with E-state index in [0.29, 0.717) is 0 Å². The number of esters is 1. The molecule has 0 amide bonds. The molecule has 84 valence electrons. The highest BCUT2D eigenvalue weighted by molar-refractivity contribution is 5.72. The van der Waals surface area contributed by atoms with Crippen molar-refractivity contribution in [3.05, 3.63) is 0 Å². The van der Waals surface area contributed by atoms with E-state index in [1.54, 1.807) is 0 Å². The van der Waals surface area contributed by atoms with Gasteiger partial charge in [-0.3, -0.25) is 4.79 Å². The SMILES string of the molecule is CC#CCCN1CCC[C@H](C(=O)OC)C1. The van der Waals surface area contributed by atoms with Crippen molar-refractivity contribution in [2.75, 3.05) is 26.7 Å². The van der Waals surface area contributed by atoms with Gasteiger partial charge in [0.1, 0.15) is 0 Å². The first-order chi connectivity index (χ1) is 7.27. The molecule has 0 bridgehead atoms. The molecule has 0 saturated carbocycles. The van der Waals surface area contributed by atoms with E-state index in [9.17, 15) is 4.79 Å². The molecule has 1 aliphatic heterocycles. The van der Waals surface area contributed by atoms with Crippen LogP contribution in [0.25, 0.3) is 0 Å². The summed E-state index contributed by atoms with van der Waals surface area (Å²) < 4.78 is 4.77. The Balaban J connectivity index is 2.34. The molecule has 3 nitrogen and oxygen atoms in total. The normalized spacial score (nSPS) is 21.6. The molecule has 0 aliphatic carbocycles. The number of likely N-dealkylation sites (tertiary alicyclic amines) is 1. The molecular formula is C12H19NO2. The van der Waals surface area contributed by atoms with E-state index in [1.807, 2.05) is 6.92 Å². The number of carbonyl (C=O) groups excluding carboxylic acids is 1. The number of rotatable bonds is 3. The predicted molar refractivity (Wildman–Crippen MR) is 59.2 cm³/mol. The quantitative estimate of drug-likeness (QED) is 0.518. The summed E-state index contributed by atoms with van der Waals surface area (Å²) in [6.07, 6.45) is 2.94. The summed E-state index contributed by atoms with van der Waals surface area (Å²) in [5.74, 6) is 5.93. The van der Waals surface area contributed by atoms with E-state index in [4.69, 9.17) is 4.74 Å². The number of nitrogens with zero attached hydrogens (tertiary/aromatic N) is 1. The van der Waals surface area contributed by atoms with Crippen LogP contribution in [0.3, 0.4) is 0 Å². The highest BCUT2D eigenvalue weighted by Crippen LogP contribution is 2.17. The average Bonchev–Trinajstić information content (AvgIpc) is 2.29. The number of hydrogen-bond donors (Lipinski definition) is 0. The maximum Gasteiger partial charge on any atom is 0.309 e. The zero-order valence-corrected chi connectivity index (χ0v) is 9.58. The Hall–Kier alpha value is -1.01. The largest absolute Gasteiger partial charge is 0.469 e. The summed E-state index contributed by atoms with van der Waals surface area (Å²) in [6, 6.07) is 0. The van der Waals surface area contributed by atoms with E-state index < -0.39 is 0 Å². The summed E-state index contributed by atoms with van der Waals surface area (Å²) in [5.41, 5.74) is 0. The van der Waals surface area contributed by atoms with Gasteiger partial charge in [-0.25, -0.2) is 0 Å². The molecule has 0 aromatic carbocycles. The Morgan fingerprint density at radius 1 is 1.60 bits per heavy atom. The molecule has 0 aromatic heterocycles. The van der Waals surface area contributed by atoms with Crippen LogP contribution in [0, 0.1) is 17.8 Å². The topological polar surface area (TPSA) is 29.5 Å². The molecule has 3 heteroatoms. The van der Waals surface area contributed by atoms with Gasteiger partial charge in [0.2, 0.25) is 0 Å². The van der Waals surface area contributed by atoms with Crippen LogP contribution in [-0.2, 0) is 9.53 Å². The first-order valence-electron chi connectivity index (χ1n) is 5.47. The minimum Gasteiger partial charge on any atom is -0.469 e. The van der Waals surface area contributed by atoms with Crippen LogP contribution in [0.2, 0.25) is 0 Å². The van der Waals surface area contributed by atoms with E-state index in [-0.39, 0.29) is 11.9 Å². The molecule has 0 unspecified atom stereocenters. The molecule has 0 aromatic rings. The molecule has 0 spiro atoms. The van der Waals surface area contributed by atoms with Crippen LogP contribution >= 0.6 is 0 Å². The summed E-state index contributed by atoms with van der Waals surface area (Å²) >= 11 is 0. The Bertz CT molecular complexity index is 265. The van der Waals surface area contributed by atoms with Gasteiger partial charge in [0.25, 0.3) is 0 Å². The van der Waals surface area contributed by atoms with Crippen LogP contribution < -0.4 is 0 Å². The van der Waals surface area contributed by atoms with Crippen molar-refractivity contribution in [2.45, 2.75) is 26.2 Å². The first kappa shape index (κ1) is 12.1. The summed E-state index contributed by atoms with van der Waals surface area (Å²) in [6.45, 7) is 4.73. The second-order valence-corrected chi connectivity index (χ2v) is 3.84. The fraction of sp³-hybridized carbons (Fsp3) is 0.750. The van der Waals surface area contributed by atoms with Crippen molar-refractivity contribution in [3.8, 4) is 11.8 Å². The zero-order chi connectivity index (χ0) is 11.1. The maximum atomic E-state index is 11.4. The summed E-state index contributed by atoms with van der Waals surface area (Å²) in [4.78, 5) is 13.7. The number of ether oxygens (including phenoxy) is 1. The third-order valence-electron chi connectivity index (χ3n) is 2.77. The lowest BCUT2D eigenvalue weighted by atomic mass is 9.98. The Labute approximate surface area is 91.8 Å². The van der Waals surface area contributed by atoms with E-state index >= 15 is 0 Å². The van der Waals surface area contributed by atoms with Crippen LogP contribution in [0.15, 0.2) is 0 Å². The van der Waals surface area contributed by atoms with Crippen molar-refractivity contribution in [2.24, 2.45) is 5.92 Å². The van der Waals surface area contributed by atoms with Gasteiger partial charge in [0, 0.05) is 19.5 Å². The van der Waals surface area contributed by atoms with Crippen molar-refractivity contribution in [1.29, 1.82) is 0 Å². The molecular weight excluding hydrogens is 190 g/mol. The van der Waals surface area contributed by atoms with Gasteiger partial charge < -0.3 is 9.64 Å². The van der Waals surface area contributed by atoms with Gasteiger partial charge in [-0.2, -0.15) is 0 Å². The summed E-state index contributed by atoms with van der Waals surface area (Å²) in [5, 5.41) is 0. The molecule has 1 rings (SSSR count). The lowest BCUT2D eigenvalue weighted by Crippen LogP contribution is -2.39. The number of hydrogen-bond acceptors (Lipinski definition) is 3. The average molecular weight is 209 g/mol. The van der Waals surface area contributed by atoms with Gasteiger partial charge >= 0.3 is 5.97 Å². The molecule has 1 saturated heterocycles. The highest BCUT2D eigenvalue weighted by atomic mass is 16.5. The fourth-order valence-electron chi connectivity index (χ4n) is 1.96. The fourth-order valence-corrected chi connectivity index (χ4v) is 1.96. The lowest BCUT2D eigenvalue weighted by Gasteiger charge is -2.30. The van der Waals surface area contributed by atoms with Crippen molar-refractivity contribution in [3.63, 3.8) is 0 Å². The van der Waals surface area contributed by atoms with Gasteiger partial charge in [0.15, 0.2) is 0 Å². The summed E-state index contributed by atoms with van der Waals surface area (Å²) in [7, 11) is 1.46. The minimum atomic E-state index is -0.0683. The lowest BCUT2D eigenvalue weighted by molar-refractivity contribution is -0.147. The minimum absolute atomic E-state index is 0.0679. The molecule has 1 atom stereocenters. The monoisotopic (exact) mass is 209 g/mol. The molecule has 0 radical (unpaired) electrons. The van der Waals surface area contributed by atoms with Crippen molar-refractivity contribution in [1.82, 2.24) is 4.90 Å². The smallest absolute Gasteiger partial charge is 0.309 e. The Morgan fingerprint density at radius 3 is 3.07 bits per heavy atom. The Kier molecular flexibility index (Phi) is 5.20. The molecule has 1 heterocycles. The number of methoxy groups -OCH3 is 1. The van der Waals surface area contributed by atoms with Crippen LogP contribution in [0.5, 0.6) is 0 Å². The van der Waals surface area contributed by atoms with E-state index in [2.05, 4.69) is 16.7 Å². The second kappa shape index (κ2) is 6.47. The van der Waals surface area contributed by atoms with Crippen LogP contribution in [0.4, 0.5) is 0 Å². The van der Waals surface area contributed by atoms with Gasteiger partial charge in [-0.05, 0) is 26.3 Å². The highest BCUT2D eigenvalue weighted by Gasteiger charge is 2.25. The zero-order valence-electron chi connectivity index (χ0n) is 9.58. The van der Waals surface area contributed by atoms with Crippen LogP contribution in [0.1, 0.15) is 26.2 Å². The number of carbonyl (C=O) groups is 1. The second-order valence-electron chi connectivity index (χ2n) is 3.84. The third kappa shape index (κ3) is 3.93. The van der Waals surface area contributed by atoms with E-state index in [0.717, 1.165) is 38.9 Å². The molecule has 1 fully saturated rings. The first-order valence-corrected chi connectivity index (χ1v) is 5.47. The standard InChI is InChI=1S/C12H19NO2/c1-3-4-5-8-13-9-6-7-11(10-13)12(14)15-2/h11H,5-10H2,1-2H3/t11-/m0/s1. The van der Waals surface area contributed by atoms with Gasteiger partial charge in [-0.15, -0.1) is 11.8 Å². The van der Waals surface area contributed by atoms with Crippen molar-refractivity contribution < 1.29 is 9.53 Å². The van der Waals surface area contributed by atoms with Gasteiger partial charge in [0.05, 0.1) is 13.0 Å². The Morgan fingerprint density at radius 2 is 2.40 bits per heavy atom. The molecule has 1 aliphatic rings. The number of piperidine rings is 1. The van der Waals surface area contributed by atoms with Gasteiger partial charge in [-0.1, -0.05) is 0 Å². The van der Waals surface area contributed by atoms with Crippen LogP contribution in [-0.4, -0.2) is 37.6 Å². The third-order valence-corrected chi connectivity index (χ3v) is 2.77.